The number of aliphatic hydroxyl groups excluding tert-OH is 1. The molecule has 1 aromatic heterocycles. The summed E-state index contributed by atoms with van der Waals surface area (Å²) in [6, 6.07) is 5.77. The van der Waals surface area contributed by atoms with Crippen LogP contribution in [-0.2, 0) is 0 Å². The Kier molecular flexibility index (Phi) is 2.17. The minimum absolute atomic E-state index is 0.486. The van der Waals surface area contributed by atoms with Gasteiger partial charge in [0.05, 0.1) is 13.2 Å². The molecule has 0 aliphatic carbocycles. The van der Waals surface area contributed by atoms with Crippen LogP contribution in [0.4, 0.5) is 0 Å². The molecule has 0 aliphatic heterocycles. The van der Waals surface area contributed by atoms with E-state index in [1.807, 2.05) is 24.4 Å². The SMILES string of the molecule is COc1cccc2[nH]cc([C@@H](C)O)c12. The van der Waals surface area contributed by atoms with E-state index in [1.165, 1.54) is 0 Å². The number of aromatic nitrogens is 1. The van der Waals surface area contributed by atoms with E-state index >= 15 is 0 Å². The standard InChI is InChI=1S/C11H13NO2/c1-7(13)8-6-12-9-4-3-5-10(14-2)11(8)9/h3-7,12-13H,1-2H3/t7-/m1/s1. The first-order chi connectivity index (χ1) is 6.74. The summed E-state index contributed by atoms with van der Waals surface area (Å²) in [5.41, 5.74) is 1.86. The van der Waals surface area contributed by atoms with Gasteiger partial charge in [-0.25, -0.2) is 0 Å². The van der Waals surface area contributed by atoms with Crippen LogP contribution in [0, 0.1) is 0 Å². The van der Waals surface area contributed by atoms with Crippen LogP contribution in [0.15, 0.2) is 24.4 Å². The third-order valence-electron chi connectivity index (χ3n) is 2.37. The van der Waals surface area contributed by atoms with Gasteiger partial charge in [0, 0.05) is 22.7 Å². The molecular formula is C11H13NO2. The zero-order valence-electron chi connectivity index (χ0n) is 8.24. The molecule has 74 valence electrons. The second-order valence-electron chi connectivity index (χ2n) is 3.30. The van der Waals surface area contributed by atoms with E-state index in [1.54, 1.807) is 14.0 Å². The summed E-state index contributed by atoms with van der Waals surface area (Å²) in [6.45, 7) is 1.75. The molecule has 0 radical (unpaired) electrons. The molecule has 14 heavy (non-hydrogen) atoms. The summed E-state index contributed by atoms with van der Waals surface area (Å²) in [7, 11) is 1.63. The number of benzene rings is 1. The highest BCUT2D eigenvalue weighted by molar-refractivity contribution is 5.89. The fourth-order valence-corrected chi connectivity index (χ4v) is 1.68. The number of fused-ring (bicyclic) bond motifs is 1. The lowest BCUT2D eigenvalue weighted by atomic mass is 10.1. The number of ether oxygens (including phenoxy) is 1. The molecule has 0 unspecified atom stereocenters. The van der Waals surface area contributed by atoms with Crippen molar-refractivity contribution in [2.75, 3.05) is 7.11 Å². The maximum absolute atomic E-state index is 9.56. The molecule has 2 aromatic rings. The predicted octanol–water partition coefficient (Wildman–Crippen LogP) is 2.23. The number of aliphatic hydroxyl groups is 1. The molecule has 3 heteroatoms. The monoisotopic (exact) mass is 191 g/mol. The molecule has 0 spiro atoms. The molecule has 0 bridgehead atoms. The van der Waals surface area contributed by atoms with Gasteiger partial charge in [-0.15, -0.1) is 0 Å². The van der Waals surface area contributed by atoms with Crippen molar-refractivity contribution in [1.82, 2.24) is 4.98 Å². The van der Waals surface area contributed by atoms with Gasteiger partial charge in [0.2, 0.25) is 0 Å². The van der Waals surface area contributed by atoms with Gasteiger partial charge in [0.25, 0.3) is 0 Å². The molecule has 0 fully saturated rings. The van der Waals surface area contributed by atoms with Crippen molar-refractivity contribution >= 4 is 10.9 Å². The first-order valence-corrected chi connectivity index (χ1v) is 4.56. The Morgan fingerprint density at radius 3 is 2.86 bits per heavy atom. The van der Waals surface area contributed by atoms with Gasteiger partial charge in [-0.1, -0.05) is 6.07 Å². The van der Waals surface area contributed by atoms with Crippen molar-refractivity contribution in [2.24, 2.45) is 0 Å². The molecule has 0 saturated carbocycles. The number of hydrogen-bond acceptors (Lipinski definition) is 2. The molecule has 1 heterocycles. The maximum Gasteiger partial charge on any atom is 0.128 e. The van der Waals surface area contributed by atoms with E-state index in [0.717, 1.165) is 22.2 Å². The Morgan fingerprint density at radius 1 is 1.43 bits per heavy atom. The molecule has 2 N–H and O–H groups in total. The van der Waals surface area contributed by atoms with E-state index in [9.17, 15) is 5.11 Å². The Bertz CT molecular complexity index is 445. The van der Waals surface area contributed by atoms with Gasteiger partial charge in [-0.2, -0.15) is 0 Å². The number of H-pyrrole nitrogens is 1. The van der Waals surface area contributed by atoms with E-state index in [0.29, 0.717) is 0 Å². The van der Waals surface area contributed by atoms with Crippen LogP contribution in [0.25, 0.3) is 10.9 Å². The first-order valence-electron chi connectivity index (χ1n) is 4.56. The molecule has 0 amide bonds. The molecule has 1 aromatic carbocycles. The highest BCUT2D eigenvalue weighted by Crippen LogP contribution is 2.31. The minimum Gasteiger partial charge on any atom is -0.496 e. The second-order valence-corrected chi connectivity index (χ2v) is 3.30. The fraction of sp³-hybridized carbons (Fsp3) is 0.273. The lowest BCUT2D eigenvalue weighted by molar-refractivity contribution is 0.200. The van der Waals surface area contributed by atoms with Gasteiger partial charge < -0.3 is 14.8 Å². The van der Waals surface area contributed by atoms with Gasteiger partial charge in [-0.3, -0.25) is 0 Å². The van der Waals surface area contributed by atoms with Gasteiger partial charge in [0.15, 0.2) is 0 Å². The van der Waals surface area contributed by atoms with E-state index in [4.69, 9.17) is 4.74 Å². The minimum atomic E-state index is -0.486. The van der Waals surface area contributed by atoms with Crippen LogP contribution >= 0.6 is 0 Å². The number of hydrogen-bond donors (Lipinski definition) is 2. The molecule has 3 nitrogen and oxygen atoms in total. The lowest BCUT2D eigenvalue weighted by Gasteiger charge is -2.06. The smallest absolute Gasteiger partial charge is 0.128 e. The average Bonchev–Trinajstić information content (AvgIpc) is 2.60. The zero-order chi connectivity index (χ0) is 10.1. The lowest BCUT2D eigenvalue weighted by Crippen LogP contribution is -1.90. The van der Waals surface area contributed by atoms with Gasteiger partial charge in [0.1, 0.15) is 5.75 Å². The summed E-state index contributed by atoms with van der Waals surface area (Å²) < 4.78 is 5.25. The van der Waals surface area contributed by atoms with Crippen LogP contribution < -0.4 is 4.74 Å². The number of methoxy groups -OCH3 is 1. The van der Waals surface area contributed by atoms with Gasteiger partial charge >= 0.3 is 0 Å². The second kappa shape index (κ2) is 3.35. The third kappa shape index (κ3) is 1.26. The van der Waals surface area contributed by atoms with Crippen LogP contribution in [0.1, 0.15) is 18.6 Å². The highest BCUT2D eigenvalue weighted by atomic mass is 16.5. The molecular weight excluding hydrogens is 178 g/mol. The molecule has 1 atom stereocenters. The van der Waals surface area contributed by atoms with Crippen LogP contribution in [0.2, 0.25) is 0 Å². The zero-order valence-corrected chi connectivity index (χ0v) is 8.24. The normalized spacial score (nSPS) is 13.1. The quantitative estimate of drug-likeness (QED) is 0.764. The van der Waals surface area contributed by atoms with E-state index < -0.39 is 6.10 Å². The number of nitrogens with one attached hydrogen (secondary N) is 1. The number of rotatable bonds is 2. The first kappa shape index (κ1) is 9.09. The third-order valence-corrected chi connectivity index (χ3v) is 2.37. The van der Waals surface area contributed by atoms with Crippen molar-refractivity contribution in [3.05, 3.63) is 30.0 Å². The Balaban J connectivity index is 2.74. The topological polar surface area (TPSA) is 45.2 Å². The van der Waals surface area contributed by atoms with E-state index in [-0.39, 0.29) is 0 Å². The van der Waals surface area contributed by atoms with Crippen LogP contribution in [-0.4, -0.2) is 17.2 Å². The van der Waals surface area contributed by atoms with Crippen LogP contribution in [0.5, 0.6) is 5.75 Å². The van der Waals surface area contributed by atoms with Crippen molar-refractivity contribution in [3.8, 4) is 5.75 Å². The molecule has 0 saturated heterocycles. The summed E-state index contributed by atoms with van der Waals surface area (Å²) in [6.07, 6.45) is 1.33. The maximum atomic E-state index is 9.56. The largest absolute Gasteiger partial charge is 0.496 e. The summed E-state index contributed by atoms with van der Waals surface area (Å²) in [5.74, 6) is 0.791. The van der Waals surface area contributed by atoms with Crippen molar-refractivity contribution in [3.63, 3.8) is 0 Å². The Labute approximate surface area is 82.3 Å². The van der Waals surface area contributed by atoms with Crippen molar-refractivity contribution in [1.29, 1.82) is 0 Å². The average molecular weight is 191 g/mol. The van der Waals surface area contributed by atoms with Crippen molar-refractivity contribution < 1.29 is 9.84 Å². The van der Waals surface area contributed by atoms with Crippen molar-refractivity contribution in [2.45, 2.75) is 13.0 Å². The van der Waals surface area contributed by atoms with Gasteiger partial charge in [-0.05, 0) is 19.1 Å². The molecule has 0 aliphatic rings. The Hall–Kier alpha value is -1.48. The van der Waals surface area contributed by atoms with E-state index in [2.05, 4.69) is 4.98 Å². The predicted molar refractivity (Wildman–Crippen MR) is 55.5 cm³/mol. The van der Waals surface area contributed by atoms with Crippen LogP contribution in [0.3, 0.4) is 0 Å². The summed E-state index contributed by atoms with van der Waals surface area (Å²) >= 11 is 0. The number of aromatic amines is 1. The summed E-state index contributed by atoms with van der Waals surface area (Å²) in [4.78, 5) is 3.10. The molecule has 2 rings (SSSR count). The fourth-order valence-electron chi connectivity index (χ4n) is 1.68. The summed E-state index contributed by atoms with van der Waals surface area (Å²) in [5, 5.41) is 10.5. The highest BCUT2D eigenvalue weighted by Gasteiger charge is 2.11. The Morgan fingerprint density at radius 2 is 2.21 bits per heavy atom.